The van der Waals surface area contributed by atoms with Gasteiger partial charge in [0.1, 0.15) is 6.04 Å². The average Bonchev–Trinajstić information content (AvgIpc) is 2.82. The maximum Gasteiger partial charge on any atom is 0.246 e. The van der Waals surface area contributed by atoms with Crippen LogP contribution in [0, 0.1) is 5.92 Å². The largest absolute Gasteiger partial charge is 0.344 e. The highest BCUT2D eigenvalue weighted by Gasteiger charge is 2.34. The van der Waals surface area contributed by atoms with Crippen LogP contribution in [0.5, 0.6) is 0 Å². The lowest BCUT2D eigenvalue weighted by molar-refractivity contribution is -0.130. The van der Waals surface area contributed by atoms with Crippen LogP contribution in [-0.4, -0.2) is 60.7 Å². The molecule has 8 nitrogen and oxygen atoms in total. The smallest absolute Gasteiger partial charge is 0.246 e. The van der Waals surface area contributed by atoms with Crippen molar-refractivity contribution >= 4 is 39.3 Å². The normalized spacial score (nSPS) is 18.0. The summed E-state index contributed by atoms with van der Waals surface area (Å²) in [6.45, 7) is 0.476. The molecule has 2 amide bonds. The predicted octanol–water partition coefficient (Wildman–Crippen LogP) is 2.36. The summed E-state index contributed by atoms with van der Waals surface area (Å²) in [5, 5.41) is 5.66. The maximum atomic E-state index is 13.0. The Balaban J connectivity index is 1.66. The zero-order valence-corrected chi connectivity index (χ0v) is 19.6. The zero-order chi connectivity index (χ0) is 23.0. The number of hydrogen-bond donors (Lipinski definition) is 2. The molecule has 0 bridgehead atoms. The first-order valence-electron chi connectivity index (χ1n) is 10.5. The van der Waals surface area contributed by atoms with E-state index >= 15 is 0 Å². The number of carbonyl (C=O) groups is 2. The number of aromatic nitrogens is 1. The van der Waals surface area contributed by atoms with Crippen LogP contribution in [0.4, 0.5) is 5.69 Å². The number of nitrogens with one attached hydrogen (secondary N) is 2. The lowest BCUT2D eigenvalue weighted by atomic mass is 9.98. The van der Waals surface area contributed by atoms with Gasteiger partial charge in [0.2, 0.25) is 21.8 Å². The van der Waals surface area contributed by atoms with Crippen molar-refractivity contribution in [3.63, 3.8) is 0 Å². The van der Waals surface area contributed by atoms with Gasteiger partial charge in [0.15, 0.2) is 0 Å². The number of sulfonamides is 1. The minimum Gasteiger partial charge on any atom is -0.344 e. The van der Waals surface area contributed by atoms with E-state index in [2.05, 4.69) is 15.6 Å². The Bertz CT molecular complexity index is 1000. The van der Waals surface area contributed by atoms with Crippen LogP contribution in [0.3, 0.4) is 0 Å². The van der Waals surface area contributed by atoms with E-state index in [-0.39, 0.29) is 23.3 Å². The molecule has 2 N–H and O–H groups in total. The molecule has 3 rings (SSSR count). The van der Waals surface area contributed by atoms with E-state index < -0.39 is 22.0 Å². The molecule has 172 valence electrons. The number of thioether (sulfide) groups is 1. The molecule has 2 heterocycles. The van der Waals surface area contributed by atoms with Crippen LogP contribution in [0.1, 0.15) is 19.3 Å². The van der Waals surface area contributed by atoms with E-state index in [1.54, 1.807) is 66.6 Å². The van der Waals surface area contributed by atoms with Crippen LogP contribution < -0.4 is 10.6 Å². The molecular formula is C22H28N4O4S2. The van der Waals surface area contributed by atoms with Gasteiger partial charge in [-0.2, -0.15) is 16.1 Å². The number of rotatable bonds is 9. The third kappa shape index (κ3) is 6.30. The van der Waals surface area contributed by atoms with Crippen molar-refractivity contribution < 1.29 is 18.0 Å². The lowest BCUT2D eigenvalue weighted by Gasteiger charge is -2.32. The van der Waals surface area contributed by atoms with E-state index in [9.17, 15) is 18.0 Å². The van der Waals surface area contributed by atoms with Gasteiger partial charge < -0.3 is 10.6 Å². The zero-order valence-electron chi connectivity index (χ0n) is 17.9. The summed E-state index contributed by atoms with van der Waals surface area (Å²) in [7, 11) is -3.66. The average molecular weight is 477 g/mol. The predicted molar refractivity (Wildman–Crippen MR) is 126 cm³/mol. The fourth-order valence-corrected chi connectivity index (χ4v) is 5.59. The molecule has 1 saturated heterocycles. The van der Waals surface area contributed by atoms with Gasteiger partial charge in [0, 0.05) is 31.2 Å². The Hall–Kier alpha value is -2.43. The minimum absolute atomic E-state index is 0.101. The van der Waals surface area contributed by atoms with Crippen molar-refractivity contribution in [2.24, 2.45) is 5.92 Å². The molecule has 0 radical (unpaired) electrons. The second-order valence-corrected chi connectivity index (χ2v) is 10.5. The molecule has 1 unspecified atom stereocenters. The lowest BCUT2D eigenvalue weighted by Crippen LogP contribution is -2.50. The topological polar surface area (TPSA) is 108 Å². The maximum absolute atomic E-state index is 13.0. The van der Waals surface area contributed by atoms with Crippen LogP contribution in [0.25, 0.3) is 0 Å². The van der Waals surface area contributed by atoms with Gasteiger partial charge in [0.05, 0.1) is 10.8 Å². The van der Waals surface area contributed by atoms with Gasteiger partial charge >= 0.3 is 0 Å². The van der Waals surface area contributed by atoms with Crippen molar-refractivity contribution in [1.29, 1.82) is 0 Å². The number of amides is 2. The van der Waals surface area contributed by atoms with Crippen LogP contribution in [-0.2, 0) is 19.6 Å². The Kier molecular flexibility index (Phi) is 8.66. The van der Waals surface area contributed by atoms with Crippen LogP contribution in [0.2, 0.25) is 0 Å². The first-order valence-corrected chi connectivity index (χ1v) is 13.3. The van der Waals surface area contributed by atoms with Gasteiger partial charge in [-0.25, -0.2) is 8.42 Å². The Morgan fingerprint density at radius 2 is 1.91 bits per heavy atom. The number of nitrogens with zero attached hydrogens (tertiary/aromatic N) is 2. The number of pyridine rings is 1. The van der Waals surface area contributed by atoms with E-state index in [0.29, 0.717) is 37.2 Å². The Labute approximate surface area is 193 Å². The molecule has 1 fully saturated rings. The highest BCUT2D eigenvalue weighted by molar-refractivity contribution is 7.98. The van der Waals surface area contributed by atoms with Gasteiger partial charge in [-0.1, -0.05) is 18.2 Å². The summed E-state index contributed by atoms with van der Waals surface area (Å²) in [4.78, 5) is 29.9. The number of benzene rings is 1. The second-order valence-electron chi connectivity index (χ2n) is 7.58. The van der Waals surface area contributed by atoms with E-state index in [1.165, 1.54) is 4.31 Å². The summed E-state index contributed by atoms with van der Waals surface area (Å²) in [6, 6.07) is 10.9. The van der Waals surface area contributed by atoms with Gasteiger partial charge in [0.25, 0.3) is 0 Å². The standard InChI is InChI=1S/C22H28N4O4S2/c1-31-15-11-20(22(28)24-18-9-12-23-13-10-18)25-21(27)17-6-5-14-26(16-17)32(29,30)19-7-3-2-4-8-19/h2-4,7-10,12-13,17,20H,5-6,11,14-16H2,1H3,(H,25,27)(H,23,24,28)/t17?,20-/m0/s1. The SMILES string of the molecule is CSCC[C@H](NC(=O)C1CCCN(S(=O)(=O)c2ccccc2)C1)C(=O)Nc1ccncc1. The summed E-state index contributed by atoms with van der Waals surface area (Å²) in [5.74, 6) is -0.404. The monoisotopic (exact) mass is 476 g/mol. The van der Waals surface area contributed by atoms with E-state index in [1.807, 2.05) is 6.26 Å². The molecule has 1 aromatic heterocycles. The minimum atomic E-state index is -3.66. The number of hydrogen-bond acceptors (Lipinski definition) is 6. The van der Waals surface area contributed by atoms with Crippen molar-refractivity contribution in [2.45, 2.75) is 30.2 Å². The first kappa shape index (κ1) is 24.2. The molecule has 2 aromatic rings. The van der Waals surface area contributed by atoms with Crippen molar-refractivity contribution in [2.75, 3.05) is 30.4 Å². The highest BCUT2D eigenvalue weighted by atomic mass is 32.2. The summed E-state index contributed by atoms with van der Waals surface area (Å²) >= 11 is 1.59. The van der Waals surface area contributed by atoms with Crippen molar-refractivity contribution in [1.82, 2.24) is 14.6 Å². The molecule has 0 aliphatic carbocycles. The third-order valence-corrected chi connectivity index (χ3v) is 7.85. The molecule has 0 spiro atoms. The third-order valence-electron chi connectivity index (χ3n) is 5.33. The fraction of sp³-hybridized carbons (Fsp3) is 0.409. The Morgan fingerprint density at radius 1 is 1.19 bits per heavy atom. The summed E-state index contributed by atoms with van der Waals surface area (Å²) < 4.78 is 27.3. The molecular weight excluding hydrogens is 448 g/mol. The second kappa shape index (κ2) is 11.4. The fourth-order valence-electron chi connectivity index (χ4n) is 3.57. The summed E-state index contributed by atoms with van der Waals surface area (Å²) in [6.07, 6.45) is 6.73. The van der Waals surface area contributed by atoms with Crippen LogP contribution >= 0.6 is 11.8 Å². The summed E-state index contributed by atoms with van der Waals surface area (Å²) in [5.41, 5.74) is 0.603. The van der Waals surface area contributed by atoms with E-state index in [0.717, 1.165) is 0 Å². The Morgan fingerprint density at radius 3 is 2.59 bits per heavy atom. The van der Waals surface area contributed by atoms with Crippen LogP contribution in [0.15, 0.2) is 59.8 Å². The quantitative estimate of drug-likeness (QED) is 0.575. The van der Waals surface area contributed by atoms with Gasteiger partial charge in [-0.05, 0) is 55.5 Å². The number of carbonyl (C=O) groups excluding carboxylic acids is 2. The van der Waals surface area contributed by atoms with Gasteiger partial charge in [-0.15, -0.1) is 0 Å². The molecule has 10 heteroatoms. The molecule has 32 heavy (non-hydrogen) atoms. The van der Waals surface area contributed by atoms with Crippen molar-refractivity contribution in [3.05, 3.63) is 54.9 Å². The molecule has 0 saturated carbocycles. The van der Waals surface area contributed by atoms with Gasteiger partial charge in [-0.3, -0.25) is 14.6 Å². The molecule has 1 aliphatic heterocycles. The first-order chi connectivity index (χ1) is 15.4. The van der Waals surface area contributed by atoms with Crippen molar-refractivity contribution in [3.8, 4) is 0 Å². The highest BCUT2D eigenvalue weighted by Crippen LogP contribution is 2.24. The number of anilines is 1. The molecule has 2 atom stereocenters. The van der Waals surface area contributed by atoms with E-state index in [4.69, 9.17) is 0 Å². The molecule has 1 aliphatic rings. The number of piperidine rings is 1. The molecule has 1 aromatic carbocycles.